The number of urea groups is 1. The smallest absolute Gasteiger partial charge is 0.331 e. The predicted molar refractivity (Wildman–Crippen MR) is 112 cm³/mol. The number of hydrogen-bond donors (Lipinski definition) is 1. The zero-order valence-electron chi connectivity index (χ0n) is 17.2. The summed E-state index contributed by atoms with van der Waals surface area (Å²) in [5, 5.41) is 2.44. The average Bonchev–Trinajstić information content (AvgIpc) is 2.76. The molecule has 2 saturated heterocycles. The van der Waals surface area contributed by atoms with Gasteiger partial charge in [0.25, 0.3) is 0 Å². The van der Waals surface area contributed by atoms with Gasteiger partial charge >= 0.3 is 6.03 Å². The molecule has 31 heavy (non-hydrogen) atoms. The van der Waals surface area contributed by atoms with Crippen molar-refractivity contribution in [1.29, 1.82) is 0 Å². The van der Waals surface area contributed by atoms with Gasteiger partial charge in [-0.25, -0.2) is 9.18 Å². The van der Waals surface area contributed by atoms with Crippen molar-refractivity contribution in [2.24, 2.45) is 5.41 Å². The van der Waals surface area contributed by atoms with Crippen LogP contribution in [0.1, 0.15) is 11.1 Å². The van der Waals surface area contributed by atoms with Crippen LogP contribution in [0.2, 0.25) is 0 Å². The van der Waals surface area contributed by atoms with Crippen LogP contribution < -0.4 is 10.2 Å². The number of nitrogens with zero attached hydrogens (tertiary/aromatic N) is 3. The van der Waals surface area contributed by atoms with Crippen LogP contribution in [-0.4, -0.2) is 60.4 Å². The second-order valence-corrected chi connectivity index (χ2v) is 8.53. The van der Waals surface area contributed by atoms with E-state index in [0.29, 0.717) is 18.7 Å². The minimum absolute atomic E-state index is 0.0236. The molecule has 2 aromatic carbocycles. The molecule has 7 nitrogen and oxygen atoms in total. The van der Waals surface area contributed by atoms with E-state index in [2.05, 4.69) is 15.1 Å². The second-order valence-electron chi connectivity index (χ2n) is 8.53. The Bertz CT molecular complexity index is 1070. The highest BCUT2D eigenvalue weighted by Crippen LogP contribution is 2.45. The number of hydrogen-bond acceptors (Lipinski definition) is 5. The highest BCUT2D eigenvalue weighted by Gasteiger charge is 2.62. The molecule has 2 atom stereocenters. The molecule has 5 rings (SSSR count). The molecule has 0 aromatic heterocycles. The lowest BCUT2D eigenvalue weighted by atomic mass is 9.67. The zero-order chi connectivity index (χ0) is 21.8. The standard InChI is InChI=1S/C23H23FN4O3/c1-26-10-11-27-18-5-3-2-4-16(18)12-23(19(27)14-26)20(29)25-22(31)28(21(23)30)13-15-6-8-17(24)9-7-15/h2-9,19H,10-14H2,1H3,(H,25,29,31)/t19-,23+/m0/s1. The summed E-state index contributed by atoms with van der Waals surface area (Å²) in [6.07, 6.45) is 0.232. The molecule has 160 valence electrons. The minimum atomic E-state index is -1.41. The van der Waals surface area contributed by atoms with Gasteiger partial charge in [0.1, 0.15) is 5.82 Å². The summed E-state index contributed by atoms with van der Waals surface area (Å²) in [6.45, 7) is 2.01. The first-order valence-electron chi connectivity index (χ1n) is 10.3. The van der Waals surface area contributed by atoms with Crippen LogP contribution in [0, 0.1) is 11.2 Å². The molecule has 8 heteroatoms. The lowest BCUT2D eigenvalue weighted by Crippen LogP contribution is -2.74. The fraction of sp³-hybridized carbons (Fsp3) is 0.348. The van der Waals surface area contributed by atoms with Gasteiger partial charge in [-0.3, -0.25) is 19.8 Å². The van der Waals surface area contributed by atoms with Gasteiger partial charge in [0.05, 0.1) is 12.6 Å². The molecular formula is C23H23FN4O3. The van der Waals surface area contributed by atoms with Crippen LogP contribution in [0.15, 0.2) is 48.5 Å². The normalized spacial score (nSPS) is 26.0. The van der Waals surface area contributed by atoms with Gasteiger partial charge in [-0.2, -0.15) is 0 Å². The van der Waals surface area contributed by atoms with Gasteiger partial charge in [0.15, 0.2) is 5.41 Å². The van der Waals surface area contributed by atoms with E-state index in [-0.39, 0.29) is 13.0 Å². The first-order chi connectivity index (χ1) is 14.9. The van der Waals surface area contributed by atoms with E-state index in [1.165, 1.54) is 24.3 Å². The van der Waals surface area contributed by atoms with Crippen molar-refractivity contribution in [2.45, 2.75) is 19.0 Å². The molecule has 4 amide bonds. The van der Waals surface area contributed by atoms with Crippen molar-refractivity contribution in [3.05, 3.63) is 65.5 Å². The number of barbiturate groups is 1. The minimum Gasteiger partial charge on any atom is -0.364 e. The van der Waals surface area contributed by atoms with Crippen LogP contribution in [0.5, 0.6) is 0 Å². The predicted octanol–water partition coefficient (Wildman–Crippen LogP) is 1.77. The van der Waals surface area contributed by atoms with Crippen molar-refractivity contribution in [3.8, 4) is 0 Å². The van der Waals surface area contributed by atoms with E-state index in [1.54, 1.807) is 0 Å². The number of rotatable bonds is 2. The SMILES string of the molecule is CN1CCN2c3ccccc3C[C@]3(C(=O)NC(=O)N(Cc4ccc(F)cc4)C3=O)[C@@H]2C1. The van der Waals surface area contributed by atoms with Gasteiger partial charge in [-0.15, -0.1) is 0 Å². The van der Waals surface area contributed by atoms with Crippen LogP contribution in [0.25, 0.3) is 0 Å². The maximum absolute atomic E-state index is 13.9. The lowest BCUT2D eigenvalue weighted by Gasteiger charge is -2.55. The number of carbonyl (C=O) groups excluding carboxylic acids is 3. The molecule has 2 aromatic rings. The summed E-state index contributed by atoms with van der Waals surface area (Å²) in [5.74, 6) is -1.43. The Kier molecular flexibility index (Phi) is 4.55. The summed E-state index contributed by atoms with van der Waals surface area (Å²) >= 11 is 0. The summed E-state index contributed by atoms with van der Waals surface area (Å²) in [5.41, 5.74) is 1.16. The molecule has 0 bridgehead atoms. The van der Waals surface area contributed by atoms with E-state index in [4.69, 9.17) is 0 Å². The van der Waals surface area contributed by atoms with Crippen molar-refractivity contribution >= 4 is 23.5 Å². The van der Waals surface area contributed by atoms with Gasteiger partial charge in [-0.1, -0.05) is 30.3 Å². The second kappa shape index (κ2) is 7.16. The van der Waals surface area contributed by atoms with Crippen LogP contribution in [0.3, 0.4) is 0 Å². The van der Waals surface area contributed by atoms with E-state index in [9.17, 15) is 18.8 Å². The quantitative estimate of drug-likeness (QED) is 0.747. The third kappa shape index (κ3) is 3.01. The molecule has 3 aliphatic rings. The highest BCUT2D eigenvalue weighted by molar-refractivity contribution is 6.20. The van der Waals surface area contributed by atoms with Gasteiger partial charge in [-0.05, 0) is 42.8 Å². The van der Waals surface area contributed by atoms with Crippen LogP contribution in [0.4, 0.5) is 14.9 Å². The van der Waals surface area contributed by atoms with Crippen molar-refractivity contribution < 1.29 is 18.8 Å². The number of benzene rings is 2. The molecule has 0 aliphatic carbocycles. The molecule has 1 spiro atoms. The Morgan fingerprint density at radius 3 is 2.58 bits per heavy atom. The number of amides is 4. The largest absolute Gasteiger partial charge is 0.364 e. The summed E-state index contributed by atoms with van der Waals surface area (Å²) < 4.78 is 13.3. The fourth-order valence-corrected chi connectivity index (χ4v) is 5.06. The van der Waals surface area contributed by atoms with Crippen molar-refractivity contribution in [1.82, 2.24) is 15.1 Å². The molecule has 3 heterocycles. The summed E-state index contributed by atoms with van der Waals surface area (Å²) in [6, 6.07) is 12.3. The molecule has 0 radical (unpaired) electrons. The van der Waals surface area contributed by atoms with Crippen molar-refractivity contribution in [3.63, 3.8) is 0 Å². The Morgan fingerprint density at radius 1 is 1.06 bits per heavy atom. The van der Waals surface area contributed by atoms with E-state index < -0.39 is 35.1 Å². The molecule has 0 unspecified atom stereocenters. The van der Waals surface area contributed by atoms with Crippen molar-refractivity contribution in [2.75, 3.05) is 31.6 Å². The van der Waals surface area contributed by atoms with Crippen LogP contribution >= 0.6 is 0 Å². The maximum atomic E-state index is 13.9. The number of piperazine rings is 1. The van der Waals surface area contributed by atoms with Gasteiger partial charge in [0.2, 0.25) is 11.8 Å². The summed E-state index contributed by atoms with van der Waals surface area (Å²) in [7, 11) is 1.97. The number of fused-ring (bicyclic) bond motifs is 4. The summed E-state index contributed by atoms with van der Waals surface area (Å²) in [4.78, 5) is 45.2. The van der Waals surface area contributed by atoms with Gasteiger partial charge < -0.3 is 9.80 Å². The number of halogens is 1. The zero-order valence-corrected chi connectivity index (χ0v) is 17.2. The number of imide groups is 2. The maximum Gasteiger partial charge on any atom is 0.331 e. The topological polar surface area (TPSA) is 73.0 Å². The Hall–Kier alpha value is -3.26. The van der Waals surface area contributed by atoms with E-state index >= 15 is 0 Å². The van der Waals surface area contributed by atoms with E-state index in [1.807, 2.05) is 31.3 Å². The number of carbonyl (C=O) groups is 3. The Labute approximate surface area is 179 Å². The fourth-order valence-electron chi connectivity index (χ4n) is 5.06. The number of likely N-dealkylation sites (N-methyl/N-ethyl adjacent to an activating group) is 1. The lowest BCUT2D eigenvalue weighted by molar-refractivity contribution is -0.154. The number of nitrogens with one attached hydrogen (secondary N) is 1. The van der Waals surface area contributed by atoms with Crippen LogP contribution in [-0.2, 0) is 22.6 Å². The van der Waals surface area contributed by atoms with E-state index in [0.717, 1.165) is 22.7 Å². The first kappa shape index (κ1) is 19.7. The molecular weight excluding hydrogens is 399 g/mol. The molecule has 1 N–H and O–H groups in total. The molecule has 2 fully saturated rings. The van der Waals surface area contributed by atoms with Gasteiger partial charge in [0, 0.05) is 25.3 Å². The molecule has 3 aliphatic heterocycles. The Morgan fingerprint density at radius 2 is 1.81 bits per heavy atom. The highest BCUT2D eigenvalue weighted by atomic mass is 19.1. The monoisotopic (exact) mass is 422 g/mol. The first-order valence-corrected chi connectivity index (χ1v) is 10.3. The average molecular weight is 422 g/mol. The third-order valence-electron chi connectivity index (χ3n) is 6.67. The number of para-hydroxylation sites is 1. The Balaban J connectivity index is 1.58. The number of anilines is 1. The molecule has 0 saturated carbocycles. The third-order valence-corrected chi connectivity index (χ3v) is 6.67.